The molecule has 1 aromatic heterocycles. The fraction of sp³-hybridized carbons (Fsp3) is 0.571. The Morgan fingerprint density at radius 3 is 2.72 bits per heavy atom. The van der Waals surface area contributed by atoms with Crippen molar-refractivity contribution < 1.29 is 4.74 Å². The van der Waals surface area contributed by atoms with Crippen LogP contribution in [0.2, 0.25) is 0 Å². The van der Waals surface area contributed by atoms with Crippen molar-refractivity contribution >= 4 is 5.82 Å². The molecule has 0 N–H and O–H groups in total. The monoisotopic (exact) mass is 247 g/mol. The van der Waals surface area contributed by atoms with Gasteiger partial charge in [0.1, 0.15) is 5.82 Å². The van der Waals surface area contributed by atoms with Gasteiger partial charge in [0.2, 0.25) is 0 Å². The van der Waals surface area contributed by atoms with Crippen molar-refractivity contribution in [2.75, 3.05) is 25.2 Å². The molecule has 0 saturated heterocycles. The molecule has 0 saturated carbocycles. The van der Waals surface area contributed by atoms with Crippen LogP contribution in [0.25, 0.3) is 0 Å². The van der Waals surface area contributed by atoms with Gasteiger partial charge in [-0.25, -0.2) is 4.98 Å². The van der Waals surface area contributed by atoms with Crippen molar-refractivity contribution in [3.8, 4) is 6.07 Å². The third-order valence-electron chi connectivity index (χ3n) is 3.09. The topological polar surface area (TPSA) is 49.1 Å². The second kappa shape index (κ2) is 7.67. The molecule has 4 nitrogen and oxygen atoms in total. The first-order valence-corrected chi connectivity index (χ1v) is 6.38. The molecule has 0 bridgehead atoms. The summed E-state index contributed by atoms with van der Waals surface area (Å²) in [6, 6.07) is 6.16. The standard InChI is InChI=1S/C14H21N3O/c1-4-13(5-2)17(8-9-18-3)14-10-12(11-15)6-7-16-14/h6-7,10,13H,4-5,8-9H2,1-3H3. The van der Waals surface area contributed by atoms with Gasteiger partial charge >= 0.3 is 0 Å². The third kappa shape index (κ3) is 3.71. The minimum absolute atomic E-state index is 0.432. The summed E-state index contributed by atoms with van der Waals surface area (Å²) in [6.07, 6.45) is 3.80. The van der Waals surface area contributed by atoms with E-state index in [1.807, 2.05) is 6.07 Å². The van der Waals surface area contributed by atoms with E-state index in [-0.39, 0.29) is 0 Å². The van der Waals surface area contributed by atoms with E-state index >= 15 is 0 Å². The van der Waals surface area contributed by atoms with Gasteiger partial charge in [-0.1, -0.05) is 13.8 Å². The molecular formula is C14H21N3O. The van der Waals surface area contributed by atoms with E-state index in [4.69, 9.17) is 10.00 Å². The van der Waals surface area contributed by atoms with Crippen molar-refractivity contribution in [3.63, 3.8) is 0 Å². The van der Waals surface area contributed by atoms with Gasteiger partial charge < -0.3 is 9.64 Å². The Hall–Kier alpha value is -1.60. The Labute approximate surface area is 109 Å². The van der Waals surface area contributed by atoms with Gasteiger partial charge in [-0.05, 0) is 25.0 Å². The summed E-state index contributed by atoms with van der Waals surface area (Å²) in [6.45, 7) is 5.80. The molecule has 18 heavy (non-hydrogen) atoms. The zero-order valence-electron chi connectivity index (χ0n) is 11.4. The number of ether oxygens (including phenoxy) is 1. The molecule has 0 amide bonds. The minimum atomic E-state index is 0.432. The van der Waals surface area contributed by atoms with Gasteiger partial charge in [0.25, 0.3) is 0 Å². The summed E-state index contributed by atoms with van der Waals surface area (Å²) >= 11 is 0. The van der Waals surface area contributed by atoms with E-state index in [2.05, 4.69) is 29.8 Å². The summed E-state index contributed by atoms with van der Waals surface area (Å²) < 4.78 is 5.16. The second-order valence-electron chi connectivity index (χ2n) is 4.17. The maximum absolute atomic E-state index is 8.95. The number of hydrogen-bond acceptors (Lipinski definition) is 4. The molecule has 0 radical (unpaired) electrons. The highest BCUT2D eigenvalue weighted by Crippen LogP contribution is 2.18. The number of methoxy groups -OCH3 is 1. The SMILES string of the molecule is CCC(CC)N(CCOC)c1cc(C#N)ccn1. The first kappa shape index (κ1) is 14.5. The number of rotatable bonds is 7. The molecule has 0 atom stereocenters. The van der Waals surface area contributed by atoms with Gasteiger partial charge in [-0.3, -0.25) is 0 Å². The highest BCUT2D eigenvalue weighted by molar-refractivity contribution is 5.45. The molecule has 0 aliphatic carbocycles. The fourth-order valence-corrected chi connectivity index (χ4v) is 2.05. The van der Waals surface area contributed by atoms with Crippen LogP contribution < -0.4 is 4.90 Å². The highest BCUT2D eigenvalue weighted by atomic mass is 16.5. The van der Waals surface area contributed by atoms with Crippen molar-refractivity contribution in [1.29, 1.82) is 5.26 Å². The van der Waals surface area contributed by atoms with Crippen molar-refractivity contribution in [1.82, 2.24) is 4.98 Å². The van der Waals surface area contributed by atoms with Gasteiger partial charge in [-0.15, -0.1) is 0 Å². The first-order valence-electron chi connectivity index (χ1n) is 6.38. The fourth-order valence-electron chi connectivity index (χ4n) is 2.05. The van der Waals surface area contributed by atoms with Crippen LogP contribution in [0.4, 0.5) is 5.82 Å². The van der Waals surface area contributed by atoms with Crippen LogP contribution in [0, 0.1) is 11.3 Å². The number of nitriles is 1. The lowest BCUT2D eigenvalue weighted by atomic mass is 10.1. The molecule has 0 spiro atoms. The molecule has 0 aliphatic heterocycles. The van der Waals surface area contributed by atoms with E-state index in [9.17, 15) is 0 Å². The maximum atomic E-state index is 8.95. The molecule has 1 heterocycles. The van der Waals surface area contributed by atoms with E-state index in [0.717, 1.165) is 25.2 Å². The van der Waals surface area contributed by atoms with Gasteiger partial charge in [0.15, 0.2) is 0 Å². The number of hydrogen-bond donors (Lipinski definition) is 0. The Balaban J connectivity index is 2.96. The predicted molar refractivity (Wildman–Crippen MR) is 72.5 cm³/mol. The van der Waals surface area contributed by atoms with E-state index in [0.29, 0.717) is 18.2 Å². The van der Waals surface area contributed by atoms with Crippen LogP contribution in [-0.2, 0) is 4.74 Å². The average molecular weight is 247 g/mol. The Kier molecular flexibility index (Phi) is 6.16. The normalized spacial score (nSPS) is 10.4. The summed E-state index contributed by atoms with van der Waals surface area (Å²) in [5.74, 6) is 0.861. The third-order valence-corrected chi connectivity index (χ3v) is 3.09. The van der Waals surface area contributed by atoms with Crippen LogP contribution in [0.1, 0.15) is 32.3 Å². The molecule has 0 aromatic carbocycles. The second-order valence-corrected chi connectivity index (χ2v) is 4.17. The van der Waals surface area contributed by atoms with Crippen LogP contribution in [0.3, 0.4) is 0 Å². The quantitative estimate of drug-likeness (QED) is 0.743. The molecule has 1 aromatic rings. The Morgan fingerprint density at radius 2 is 2.17 bits per heavy atom. The van der Waals surface area contributed by atoms with Crippen LogP contribution in [0.15, 0.2) is 18.3 Å². The smallest absolute Gasteiger partial charge is 0.130 e. The first-order chi connectivity index (χ1) is 8.76. The molecule has 0 aliphatic rings. The lowest BCUT2D eigenvalue weighted by Gasteiger charge is -2.31. The molecular weight excluding hydrogens is 226 g/mol. The number of aromatic nitrogens is 1. The lowest BCUT2D eigenvalue weighted by Crippen LogP contribution is -2.37. The molecule has 98 valence electrons. The summed E-state index contributed by atoms with van der Waals surface area (Å²) in [5.41, 5.74) is 0.647. The predicted octanol–water partition coefficient (Wildman–Crippen LogP) is 2.59. The zero-order valence-corrected chi connectivity index (χ0v) is 11.4. The number of pyridine rings is 1. The number of nitrogens with zero attached hydrogens (tertiary/aromatic N) is 3. The number of anilines is 1. The van der Waals surface area contributed by atoms with E-state index in [1.54, 1.807) is 19.4 Å². The Bertz CT molecular complexity index is 396. The summed E-state index contributed by atoms with van der Waals surface area (Å²) in [7, 11) is 1.70. The molecule has 0 unspecified atom stereocenters. The minimum Gasteiger partial charge on any atom is -0.383 e. The van der Waals surface area contributed by atoms with Crippen LogP contribution in [0.5, 0.6) is 0 Å². The van der Waals surface area contributed by atoms with Gasteiger partial charge in [0.05, 0.1) is 18.2 Å². The van der Waals surface area contributed by atoms with Crippen molar-refractivity contribution in [2.45, 2.75) is 32.7 Å². The lowest BCUT2D eigenvalue weighted by molar-refractivity contribution is 0.202. The Morgan fingerprint density at radius 1 is 1.44 bits per heavy atom. The van der Waals surface area contributed by atoms with Crippen LogP contribution >= 0.6 is 0 Å². The van der Waals surface area contributed by atoms with E-state index < -0.39 is 0 Å². The highest BCUT2D eigenvalue weighted by Gasteiger charge is 2.16. The van der Waals surface area contributed by atoms with Crippen molar-refractivity contribution in [3.05, 3.63) is 23.9 Å². The molecule has 0 fully saturated rings. The van der Waals surface area contributed by atoms with E-state index in [1.165, 1.54) is 0 Å². The largest absolute Gasteiger partial charge is 0.383 e. The average Bonchev–Trinajstić information content (AvgIpc) is 2.43. The summed E-state index contributed by atoms with van der Waals surface area (Å²) in [5, 5.41) is 8.95. The van der Waals surface area contributed by atoms with Crippen molar-refractivity contribution in [2.24, 2.45) is 0 Å². The van der Waals surface area contributed by atoms with Crippen LogP contribution in [-0.4, -0.2) is 31.3 Å². The van der Waals surface area contributed by atoms with Gasteiger partial charge in [-0.2, -0.15) is 5.26 Å². The molecule has 4 heteroatoms. The van der Waals surface area contributed by atoms with Gasteiger partial charge in [0, 0.05) is 25.9 Å². The summed E-state index contributed by atoms with van der Waals surface area (Å²) in [4.78, 5) is 6.60. The maximum Gasteiger partial charge on any atom is 0.130 e. The zero-order chi connectivity index (χ0) is 13.4. The molecule has 1 rings (SSSR count).